The minimum absolute atomic E-state index is 0.0453. The van der Waals surface area contributed by atoms with E-state index in [1.807, 2.05) is 6.92 Å². The van der Waals surface area contributed by atoms with E-state index in [0.717, 1.165) is 36.3 Å². The third kappa shape index (κ3) is 2.82. The molecule has 1 atom stereocenters. The zero-order chi connectivity index (χ0) is 15.9. The Morgan fingerprint density at radius 1 is 1.41 bits per heavy atom. The third-order valence-electron chi connectivity index (χ3n) is 4.70. The number of carbonyl (C=O) groups excluding carboxylic acids is 2. The number of amides is 1. The molecule has 1 aliphatic carbocycles. The van der Waals surface area contributed by atoms with Gasteiger partial charge in [-0.15, -0.1) is 0 Å². The molecule has 3 rings (SSSR count). The first-order valence-electron chi connectivity index (χ1n) is 7.98. The highest BCUT2D eigenvalue weighted by molar-refractivity contribution is 6.04. The third-order valence-corrected chi connectivity index (χ3v) is 4.70. The van der Waals surface area contributed by atoms with Gasteiger partial charge in [-0.25, -0.2) is 0 Å². The van der Waals surface area contributed by atoms with Crippen LogP contribution in [0, 0.1) is 18.3 Å². The summed E-state index contributed by atoms with van der Waals surface area (Å²) in [6, 6.07) is 0. The van der Waals surface area contributed by atoms with Crippen LogP contribution in [-0.2, 0) is 11.2 Å². The van der Waals surface area contributed by atoms with Gasteiger partial charge in [-0.3, -0.25) is 9.59 Å². The molecule has 1 aromatic rings. The Morgan fingerprint density at radius 2 is 2.18 bits per heavy atom. The number of hydrogen-bond donors (Lipinski definition) is 2. The van der Waals surface area contributed by atoms with Gasteiger partial charge in [0.05, 0.1) is 6.61 Å². The van der Waals surface area contributed by atoms with Crippen molar-refractivity contribution in [2.45, 2.75) is 40.0 Å². The number of Topliss-reactive ketones (excluding diaryl/α,β-unsaturated/α-hetero) is 1. The van der Waals surface area contributed by atoms with Crippen LogP contribution >= 0.6 is 0 Å². The number of hydrogen-bond acceptors (Lipinski definition) is 3. The Hall–Kier alpha value is -1.62. The zero-order valence-electron chi connectivity index (χ0n) is 13.5. The van der Waals surface area contributed by atoms with E-state index in [0.29, 0.717) is 31.2 Å². The highest BCUT2D eigenvalue weighted by atomic mass is 16.5. The summed E-state index contributed by atoms with van der Waals surface area (Å²) in [5.74, 6) is 0.419. The molecule has 1 saturated heterocycles. The maximum absolute atomic E-state index is 12.4. The van der Waals surface area contributed by atoms with Gasteiger partial charge in [0.25, 0.3) is 5.91 Å². The largest absolute Gasteiger partial charge is 0.381 e. The van der Waals surface area contributed by atoms with Crippen LogP contribution in [0.1, 0.15) is 58.8 Å². The Morgan fingerprint density at radius 3 is 2.86 bits per heavy atom. The van der Waals surface area contributed by atoms with E-state index in [1.165, 1.54) is 0 Å². The maximum Gasteiger partial charge on any atom is 0.268 e. The van der Waals surface area contributed by atoms with E-state index >= 15 is 0 Å². The molecule has 0 aromatic carbocycles. The van der Waals surface area contributed by atoms with Crippen molar-refractivity contribution in [2.24, 2.45) is 11.3 Å². The molecule has 0 bridgehead atoms. The van der Waals surface area contributed by atoms with Crippen LogP contribution in [0.2, 0.25) is 0 Å². The lowest BCUT2D eigenvalue weighted by Gasteiger charge is -2.28. The van der Waals surface area contributed by atoms with Crippen LogP contribution in [0.4, 0.5) is 0 Å². The number of carbonyl (C=O) groups is 2. The molecule has 22 heavy (non-hydrogen) atoms. The number of aromatic amines is 1. The number of ether oxygens (including phenoxy) is 1. The van der Waals surface area contributed by atoms with Crippen LogP contribution in [0.5, 0.6) is 0 Å². The summed E-state index contributed by atoms with van der Waals surface area (Å²) in [6.07, 6.45) is 2.34. The standard InChI is InChI=1S/C17H24N2O3/c1-10-14-12(6-17(2,3)7-13(14)20)19-15(10)16(21)18-8-11-4-5-22-9-11/h11,19H,4-9H2,1-3H3,(H,18,21)/t11-/m0/s1. The predicted molar refractivity (Wildman–Crippen MR) is 83.2 cm³/mol. The smallest absolute Gasteiger partial charge is 0.268 e. The molecule has 0 spiro atoms. The molecule has 0 saturated carbocycles. The first kappa shape index (κ1) is 15.3. The molecular formula is C17H24N2O3. The summed E-state index contributed by atoms with van der Waals surface area (Å²) in [4.78, 5) is 28.0. The van der Waals surface area contributed by atoms with Crippen molar-refractivity contribution in [3.63, 3.8) is 0 Å². The maximum atomic E-state index is 12.4. The first-order chi connectivity index (χ1) is 10.4. The lowest BCUT2D eigenvalue weighted by Crippen LogP contribution is -2.30. The van der Waals surface area contributed by atoms with E-state index in [-0.39, 0.29) is 17.1 Å². The van der Waals surface area contributed by atoms with Gasteiger partial charge in [0.1, 0.15) is 5.69 Å². The van der Waals surface area contributed by atoms with Crippen LogP contribution in [0.15, 0.2) is 0 Å². The number of ketones is 1. The second-order valence-electron chi connectivity index (χ2n) is 7.36. The molecule has 5 nitrogen and oxygen atoms in total. The lowest BCUT2D eigenvalue weighted by atomic mass is 9.75. The van der Waals surface area contributed by atoms with E-state index in [4.69, 9.17) is 4.74 Å². The number of aromatic nitrogens is 1. The van der Waals surface area contributed by atoms with Crippen molar-refractivity contribution in [2.75, 3.05) is 19.8 Å². The van der Waals surface area contributed by atoms with Crippen LogP contribution in [0.25, 0.3) is 0 Å². The lowest BCUT2D eigenvalue weighted by molar-refractivity contribution is 0.0909. The van der Waals surface area contributed by atoms with Gasteiger partial charge < -0.3 is 15.0 Å². The molecule has 0 unspecified atom stereocenters. The molecule has 1 aromatic heterocycles. The molecule has 2 N–H and O–H groups in total. The van der Waals surface area contributed by atoms with E-state index in [1.54, 1.807) is 0 Å². The average Bonchev–Trinajstić information content (AvgIpc) is 3.02. The van der Waals surface area contributed by atoms with Crippen LogP contribution in [-0.4, -0.2) is 36.4 Å². The van der Waals surface area contributed by atoms with Crippen LogP contribution in [0.3, 0.4) is 0 Å². The Kier molecular flexibility index (Phi) is 3.85. The SMILES string of the molecule is Cc1c(C(=O)NC[C@@H]2CCOC2)[nH]c2c1C(=O)CC(C)(C)C2. The molecular weight excluding hydrogens is 280 g/mol. The molecule has 1 amide bonds. The van der Waals surface area contributed by atoms with Crippen molar-refractivity contribution >= 4 is 11.7 Å². The fourth-order valence-electron chi connectivity index (χ4n) is 3.53. The average molecular weight is 304 g/mol. The number of nitrogens with one attached hydrogen (secondary N) is 2. The Bertz CT molecular complexity index is 610. The first-order valence-corrected chi connectivity index (χ1v) is 7.98. The molecule has 1 aliphatic heterocycles. The molecule has 2 heterocycles. The number of fused-ring (bicyclic) bond motifs is 1. The quantitative estimate of drug-likeness (QED) is 0.899. The van der Waals surface area contributed by atoms with E-state index in [9.17, 15) is 9.59 Å². The van der Waals surface area contributed by atoms with E-state index in [2.05, 4.69) is 24.1 Å². The van der Waals surface area contributed by atoms with Gasteiger partial charge in [-0.05, 0) is 30.7 Å². The highest BCUT2D eigenvalue weighted by Gasteiger charge is 2.35. The monoisotopic (exact) mass is 304 g/mol. The van der Waals surface area contributed by atoms with Gasteiger partial charge in [-0.2, -0.15) is 0 Å². The molecule has 2 aliphatic rings. The fraction of sp³-hybridized carbons (Fsp3) is 0.647. The second-order valence-corrected chi connectivity index (χ2v) is 7.36. The minimum Gasteiger partial charge on any atom is -0.381 e. The van der Waals surface area contributed by atoms with Crippen molar-refractivity contribution in [1.29, 1.82) is 0 Å². The molecule has 5 heteroatoms. The summed E-state index contributed by atoms with van der Waals surface area (Å²) >= 11 is 0. The molecule has 0 radical (unpaired) electrons. The highest BCUT2D eigenvalue weighted by Crippen LogP contribution is 2.36. The van der Waals surface area contributed by atoms with Gasteiger partial charge in [0.2, 0.25) is 0 Å². The number of H-pyrrole nitrogens is 1. The van der Waals surface area contributed by atoms with Gasteiger partial charge in [0, 0.05) is 36.7 Å². The summed E-state index contributed by atoms with van der Waals surface area (Å²) < 4.78 is 5.32. The summed E-state index contributed by atoms with van der Waals surface area (Å²) in [6.45, 7) is 8.15. The topological polar surface area (TPSA) is 71.2 Å². The predicted octanol–water partition coefficient (Wildman–Crippen LogP) is 2.24. The summed E-state index contributed by atoms with van der Waals surface area (Å²) in [5.41, 5.74) is 2.92. The molecule has 120 valence electrons. The molecule has 1 fully saturated rings. The Labute approximate surface area is 130 Å². The second kappa shape index (κ2) is 5.54. The van der Waals surface area contributed by atoms with Gasteiger partial charge in [0.15, 0.2) is 5.78 Å². The van der Waals surface area contributed by atoms with E-state index < -0.39 is 0 Å². The van der Waals surface area contributed by atoms with Crippen LogP contribution < -0.4 is 5.32 Å². The van der Waals surface area contributed by atoms with Crippen molar-refractivity contribution < 1.29 is 14.3 Å². The minimum atomic E-state index is -0.121. The number of rotatable bonds is 3. The van der Waals surface area contributed by atoms with Crippen molar-refractivity contribution in [3.8, 4) is 0 Å². The van der Waals surface area contributed by atoms with Crippen molar-refractivity contribution in [3.05, 3.63) is 22.5 Å². The summed E-state index contributed by atoms with van der Waals surface area (Å²) in [7, 11) is 0. The summed E-state index contributed by atoms with van der Waals surface area (Å²) in [5, 5.41) is 2.96. The normalized spacial score (nSPS) is 23.4. The van der Waals surface area contributed by atoms with Gasteiger partial charge in [-0.1, -0.05) is 13.8 Å². The van der Waals surface area contributed by atoms with Crippen molar-refractivity contribution in [1.82, 2.24) is 10.3 Å². The zero-order valence-corrected chi connectivity index (χ0v) is 13.5. The van der Waals surface area contributed by atoms with Gasteiger partial charge >= 0.3 is 0 Å². The fourth-order valence-corrected chi connectivity index (χ4v) is 3.53. The Balaban J connectivity index is 1.77.